The van der Waals surface area contributed by atoms with Crippen LogP contribution in [-0.2, 0) is 13.2 Å². The fraction of sp³-hybridized carbons (Fsp3) is 0.308. The maximum Gasteiger partial charge on any atom is 0.137 e. The molecule has 0 unspecified atom stereocenters. The number of hydrogen-bond acceptors (Lipinski definition) is 2. The van der Waals surface area contributed by atoms with Gasteiger partial charge in [0.25, 0.3) is 0 Å². The third-order valence-electron chi connectivity index (χ3n) is 3.04. The Morgan fingerprint density at radius 3 is 2.72 bits per heavy atom. The average molecular weight is 313 g/mol. The van der Waals surface area contributed by atoms with Crippen LogP contribution in [0.2, 0.25) is 0 Å². The Balaban J connectivity index is 2.37. The minimum atomic E-state index is -0.281. The van der Waals surface area contributed by atoms with Gasteiger partial charge in [0.05, 0.1) is 23.3 Å². The highest BCUT2D eigenvalue weighted by Crippen LogP contribution is 2.22. The summed E-state index contributed by atoms with van der Waals surface area (Å²) < 4.78 is 15.7. The van der Waals surface area contributed by atoms with E-state index in [2.05, 4.69) is 21.0 Å². The van der Waals surface area contributed by atoms with Gasteiger partial charge in [0.2, 0.25) is 0 Å². The van der Waals surface area contributed by atoms with Crippen LogP contribution in [0.1, 0.15) is 22.5 Å². The molecule has 0 aliphatic rings. The maximum atomic E-state index is 13.4. The Labute approximate surface area is 113 Å². The molecule has 0 saturated heterocycles. The molecule has 0 fully saturated rings. The second-order valence-electron chi connectivity index (χ2n) is 4.18. The average Bonchev–Trinajstić information content (AvgIpc) is 2.60. The summed E-state index contributed by atoms with van der Waals surface area (Å²) in [6, 6.07) is 4.93. The van der Waals surface area contributed by atoms with E-state index in [0.717, 1.165) is 22.5 Å². The molecule has 5 heteroatoms. The molecule has 18 heavy (non-hydrogen) atoms. The van der Waals surface area contributed by atoms with Gasteiger partial charge < -0.3 is 5.11 Å². The number of rotatable bonds is 3. The lowest BCUT2D eigenvalue weighted by atomic mass is 10.2. The van der Waals surface area contributed by atoms with E-state index in [-0.39, 0.29) is 12.4 Å². The number of aliphatic hydroxyl groups excluding tert-OH is 1. The highest BCUT2D eigenvalue weighted by Gasteiger charge is 2.12. The van der Waals surface area contributed by atoms with Gasteiger partial charge >= 0.3 is 0 Å². The Kier molecular flexibility index (Phi) is 3.82. The van der Waals surface area contributed by atoms with Crippen LogP contribution in [0.3, 0.4) is 0 Å². The molecule has 2 aromatic rings. The number of aliphatic hydroxyl groups is 1. The van der Waals surface area contributed by atoms with Crippen molar-refractivity contribution in [2.24, 2.45) is 0 Å². The summed E-state index contributed by atoms with van der Waals surface area (Å²) in [5.74, 6) is -0.281. The molecule has 0 saturated carbocycles. The first-order valence-corrected chi connectivity index (χ1v) is 6.40. The van der Waals surface area contributed by atoms with E-state index >= 15 is 0 Å². The molecule has 1 aromatic heterocycles. The van der Waals surface area contributed by atoms with Crippen LogP contribution >= 0.6 is 15.9 Å². The third kappa shape index (κ3) is 2.33. The van der Waals surface area contributed by atoms with Crippen LogP contribution in [0, 0.1) is 19.7 Å². The topological polar surface area (TPSA) is 38.0 Å². The van der Waals surface area contributed by atoms with Crippen LogP contribution in [0.5, 0.6) is 0 Å². The normalized spacial score (nSPS) is 10.9. The number of hydrogen-bond donors (Lipinski definition) is 1. The molecule has 0 aliphatic carbocycles. The van der Waals surface area contributed by atoms with Crippen molar-refractivity contribution in [2.75, 3.05) is 0 Å². The lowest BCUT2D eigenvalue weighted by Gasteiger charge is -2.07. The molecule has 96 valence electrons. The Hall–Kier alpha value is -1.20. The number of benzene rings is 1. The zero-order valence-electron chi connectivity index (χ0n) is 10.2. The van der Waals surface area contributed by atoms with E-state index in [0.29, 0.717) is 11.0 Å². The highest BCUT2D eigenvalue weighted by atomic mass is 79.9. The molecular formula is C13H14BrFN2O. The van der Waals surface area contributed by atoms with Crippen molar-refractivity contribution in [3.8, 4) is 0 Å². The molecule has 3 nitrogen and oxygen atoms in total. The van der Waals surface area contributed by atoms with Gasteiger partial charge in [0, 0.05) is 11.3 Å². The van der Waals surface area contributed by atoms with Gasteiger partial charge in [-0.1, -0.05) is 12.1 Å². The standard InChI is InChI=1S/C13H14BrFN2O/c1-8-11(7-18)9(2)17(16-8)6-10-4-3-5-12(15)13(10)14/h3-5,18H,6-7H2,1-2H3. The van der Waals surface area contributed by atoms with Crippen LogP contribution in [-0.4, -0.2) is 14.9 Å². The molecule has 0 radical (unpaired) electrons. The van der Waals surface area contributed by atoms with E-state index in [4.69, 9.17) is 0 Å². The summed E-state index contributed by atoms with van der Waals surface area (Å²) >= 11 is 3.24. The summed E-state index contributed by atoms with van der Waals surface area (Å²) in [6.45, 7) is 4.21. The summed E-state index contributed by atoms with van der Waals surface area (Å²) in [5, 5.41) is 13.6. The maximum absolute atomic E-state index is 13.4. The van der Waals surface area contributed by atoms with Gasteiger partial charge in [-0.15, -0.1) is 0 Å². The summed E-state index contributed by atoms with van der Waals surface area (Å²) in [4.78, 5) is 0. The second-order valence-corrected chi connectivity index (χ2v) is 4.97. The van der Waals surface area contributed by atoms with Crippen molar-refractivity contribution >= 4 is 15.9 Å². The predicted octanol–water partition coefficient (Wildman–Crippen LogP) is 2.94. The molecule has 0 spiro atoms. The quantitative estimate of drug-likeness (QED) is 0.946. The van der Waals surface area contributed by atoms with E-state index in [1.54, 1.807) is 10.7 Å². The monoisotopic (exact) mass is 312 g/mol. The lowest BCUT2D eigenvalue weighted by molar-refractivity contribution is 0.280. The van der Waals surface area contributed by atoms with E-state index in [1.807, 2.05) is 19.9 Å². The molecule has 2 rings (SSSR count). The summed E-state index contributed by atoms with van der Waals surface area (Å²) in [5.41, 5.74) is 3.38. The van der Waals surface area contributed by atoms with E-state index in [1.165, 1.54) is 6.07 Å². The van der Waals surface area contributed by atoms with Gasteiger partial charge in [-0.25, -0.2) is 4.39 Å². The fourth-order valence-electron chi connectivity index (χ4n) is 1.95. The molecular weight excluding hydrogens is 299 g/mol. The summed E-state index contributed by atoms with van der Waals surface area (Å²) in [7, 11) is 0. The minimum Gasteiger partial charge on any atom is -0.392 e. The number of aromatic nitrogens is 2. The SMILES string of the molecule is Cc1nn(Cc2cccc(F)c2Br)c(C)c1CO. The van der Waals surface area contributed by atoms with Crippen LogP contribution in [0.4, 0.5) is 4.39 Å². The number of nitrogens with zero attached hydrogens (tertiary/aromatic N) is 2. The van der Waals surface area contributed by atoms with E-state index < -0.39 is 0 Å². The van der Waals surface area contributed by atoms with Gasteiger partial charge in [0.15, 0.2) is 0 Å². The van der Waals surface area contributed by atoms with Gasteiger partial charge in [-0.2, -0.15) is 5.10 Å². The largest absolute Gasteiger partial charge is 0.392 e. The van der Waals surface area contributed by atoms with E-state index in [9.17, 15) is 9.50 Å². The zero-order valence-corrected chi connectivity index (χ0v) is 11.8. The molecule has 0 amide bonds. The predicted molar refractivity (Wildman–Crippen MR) is 70.8 cm³/mol. The Morgan fingerprint density at radius 1 is 1.39 bits per heavy atom. The smallest absolute Gasteiger partial charge is 0.137 e. The molecule has 1 N–H and O–H groups in total. The molecule has 0 atom stereocenters. The van der Waals surface area contributed by atoms with Crippen LogP contribution in [0.15, 0.2) is 22.7 Å². The third-order valence-corrected chi connectivity index (χ3v) is 3.93. The molecule has 1 aromatic carbocycles. The Bertz CT molecular complexity index is 581. The van der Waals surface area contributed by atoms with Crippen molar-refractivity contribution in [3.63, 3.8) is 0 Å². The van der Waals surface area contributed by atoms with Crippen molar-refractivity contribution in [3.05, 3.63) is 51.0 Å². The van der Waals surface area contributed by atoms with Crippen LogP contribution in [0.25, 0.3) is 0 Å². The lowest BCUT2D eigenvalue weighted by Crippen LogP contribution is -2.05. The zero-order chi connectivity index (χ0) is 13.3. The number of halogens is 2. The number of aryl methyl sites for hydroxylation is 1. The van der Waals surface area contributed by atoms with Crippen molar-refractivity contribution < 1.29 is 9.50 Å². The summed E-state index contributed by atoms with van der Waals surface area (Å²) in [6.07, 6.45) is 0. The molecule has 0 aliphatic heterocycles. The first-order valence-electron chi connectivity index (χ1n) is 5.61. The molecule has 1 heterocycles. The Morgan fingerprint density at radius 2 is 2.11 bits per heavy atom. The highest BCUT2D eigenvalue weighted by molar-refractivity contribution is 9.10. The molecule has 0 bridgehead atoms. The van der Waals surface area contributed by atoms with Gasteiger partial charge in [-0.3, -0.25) is 4.68 Å². The minimum absolute atomic E-state index is 0.0258. The fourth-order valence-corrected chi connectivity index (χ4v) is 2.34. The first kappa shape index (κ1) is 13.2. The van der Waals surface area contributed by atoms with Crippen LogP contribution < -0.4 is 0 Å². The van der Waals surface area contributed by atoms with Crippen molar-refractivity contribution in [1.82, 2.24) is 9.78 Å². The first-order chi connectivity index (χ1) is 8.54. The van der Waals surface area contributed by atoms with Gasteiger partial charge in [-0.05, 0) is 41.4 Å². The van der Waals surface area contributed by atoms with Gasteiger partial charge in [0.1, 0.15) is 5.82 Å². The van der Waals surface area contributed by atoms with Crippen molar-refractivity contribution in [2.45, 2.75) is 27.0 Å². The second kappa shape index (κ2) is 5.20. The van der Waals surface area contributed by atoms with Crippen molar-refractivity contribution in [1.29, 1.82) is 0 Å².